The van der Waals surface area contributed by atoms with Crippen molar-refractivity contribution in [3.05, 3.63) is 57.4 Å². The Hall–Kier alpha value is -3.09. The summed E-state index contributed by atoms with van der Waals surface area (Å²) >= 11 is 0. The average Bonchev–Trinajstić information content (AvgIpc) is 2.92. The molecule has 0 aliphatic rings. The first-order chi connectivity index (χ1) is 10.3. The third kappa shape index (κ3) is 2.83. The zero-order valence-corrected chi connectivity index (χ0v) is 11.9. The van der Waals surface area contributed by atoms with E-state index in [1.807, 2.05) is 0 Å². The van der Waals surface area contributed by atoms with Crippen molar-refractivity contribution >= 4 is 17.8 Å². The number of carbonyl (C=O) groups excluding carboxylic acids is 1. The quantitative estimate of drug-likeness (QED) is 0.655. The van der Waals surface area contributed by atoms with Crippen molar-refractivity contribution in [1.82, 2.24) is 4.57 Å². The third-order valence-electron chi connectivity index (χ3n) is 3.13. The van der Waals surface area contributed by atoms with Crippen LogP contribution in [0.2, 0.25) is 0 Å². The minimum absolute atomic E-state index is 0.147. The highest BCUT2D eigenvalue weighted by atomic mass is 16.4. The van der Waals surface area contributed by atoms with Gasteiger partial charge in [0.2, 0.25) is 5.76 Å². The Labute approximate surface area is 124 Å². The fraction of sp³-hybridized carbons (Fsp3) is 0.133. The number of aryl methyl sites for hydroxylation is 1. The zero-order chi connectivity index (χ0) is 16.4. The van der Waals surface area contributed by atoms with Crippen LogP contribution in [0.1, 0.15) is 32.4 Å². The molecule has 7 nitrogen and oxygen atoms in total. The Balaban J connectivity index is 2.33. The molecule has 0 aromatic carbocycles. The number of rotatable bonds is 4. The van der Waals surface area contributed by atoms with Crippen molar-refractivity contribution in [2.24, 2.45) is 7.05 Å². The van der Waals surface area contributed by atoms with Gasteiger partial charge in [0.05, 0.1) is 0 Å². The molecule has 0 saturated heterocycles. The molecule has 0 amide bonds. The van der Waals surface area contributed by atoms with Crippen molar-refractivity contribution in [2.75, 3.05) is 0 Å². The number of nitrogens with zero attached hydrogens (tertiary/aromatic N) is 1. The summed E-state index contributed by atoms with van der Waals surface area (Å²) in [5, 5.41) is 18.5. The molecule has 0 atom stereocenters. The van der Waals surface area contributed by atoms with Gasteiger partial charge in [0, 0.05) is 18.8 Å². The second kappa shape index (κ2) is 5.72. The molecule has 2 rings (SSSR count). The first kappa shape index (κ1) is 15.3. The Morgan fingerprint density at radius 2 is 2.00 bits per heavy atom. The van der Waals surface area contributed by atoms with Crippen LogP contribution >= 0.6 is 0 Å². The number of hydrogen-bond acceptors (Lipinski definition) is 5. The maximum Gasteiger partial charge on any atom is 0.371 e. The molecule has 2 aromatic heterocycles. The standard InChI is InChI=1S/C15H13NO6/c1-8-7-11(18)13(14(19)16(8)2)10(17)5-3-9-4-6-12(22-9)15(20)21/h3-7,18H,1-2H3,(H,20,21). The lowest BCUT2D eigenvalue weighted by Gasteiger charge is -2.07. The van der Waals surface area contributed by atoms with Crippen LogP contribution in [0.5, 0.6) is 5.75 Å². The van der Waals surface area contributed by atoms with Gasteiger partial charge in [0.1, 0.15) is 17.1 Å². The van der Waals surface area contributed by atoms with Crippen LogP contribution in [0, 0.1) is 6.92 Å². The molecule has 0 aliphatic heterocycles. The Morgan fingerprint density at radius 1 is 1.32 bits per heavy atom. The fourth-order valence-corrected chi connectivity index (χ4v) is 1.83. The van der Waals surface area contributed by atoms with E-state index in [0.29, 0.717) is 5.69 Å². The maximum atomic E-state index is 12.0. The number of pyridine rings is 1. The van der Waals surface area contributed by atoms with Crippen molar-refractivity contribution in [2.45, 2.75) is 6.92 Å². The van der Waals surface area contributed by atoms with Gasteiger partial charge >= 0.3 is 5.97 Å². The number of allylic oxidation sites excluding steroid dienone is 1. The van der Waals surface area contributed by atoms with Crippen LogP contribution in [0.4, 0.5) is 0 Å². The Morgan fingerprint density at radius 3 is 2.59 bits per heavy atom. The van der Waals surface area contributed by atoms with Crippen molar-refractivity contribution < 1.29 is 24.2 Å². The topological polar surface area (TPSA) is 110 Å². The Kier molecular flexibility index (Phi) is 3.98. The highest BCUT2D eigenvalue weighted by Gasteiger charge is 2.16. The monoisotopic (exact) mass is 303 g/mol. The summed E-state index contributed by atoms with van der Waals surface area (Å²) in [6, 6.07) is 3.94. The van der Waals surface area contributed by atoms with E-state index in [2.05, 4.69) is 0 Å². The molecule has 0 fully saturated rings. The number of aromatic carboxylic acids is 1. The van der Waals surface area contributed by atoms with Crippen molar-refractivity contribution in [1.29, 1.82) is 0 Å². The van der Waals surface area contributed by atoms with Gasteiger partial charge in [0.15, 0.2) is 5.78 Å². The van der Waals surface area contributed by atoms with E-state index in [4.69, 9.17) is 9.52 Å². The minimum atomic E-state index is -1.23. The van der Waals surface area contributed by atoms with Crippen LogP contribution in [0.25, 0.3) is 6.08 Å². The summed E-state index contributed by atoms with van der Waals surface area (Å²) in [6.07, 6.45) is 2.27. The average molecular weight is 303 g/mol. The zero-order valence-electron chi connectivity index (χ0n) is 11.9. The third-order valence-corrected chi connectivity index (χ3v) is 3.13. The summed E-state index contributed by atoms with van der Waals surface area (Å²) in [4.78, 5) is 34.7. The molecule has 0 bridgehead atoms. The molecule has 0 aliphatic carbocycles. The molecule has 2 N–H and O–H groups in total. The predicted molar refractivity (Wildman–Crippen MR) is 77.1 cm³/mol. The molecule has 114 valence electrons. The molecule has 2 aromatic rings. The molecule has 0 unspecified atom stereocenters. The van der Waals surface area contributed by atoms with Gasteiger partial charge in [-0.15, -0.1) is 0 Å². The number of aromatic hydroxyl groups is 1. The summed E-state index contributed by atoms with van der Waals surface area (Å²) in [5.74, 6) is -2.45. The van der Waals surface area contributed by atoms with Crippen LogP contribution in [-0.4, -0.2) is 26.5 Å². The van der Waals surface area contributed by atoms with E-state index in [1.54, 1.807) is 6.92 Å². The number of carbonyl (C=O) groups is 2. The van der Waals surface area contributed by atoms with Gasteiger partial charge in [-0.3, -0.25) is 9.59 Å². The summed E-state index contributed by atoms with van der Waals surface area (Å²) in [6.45, 7) is 1.63. The van der Waals surface area contributed by atoms with Crippen LogP contribution in [0.15, 0.2) is 33.5 Å². The van der Waals surface area contributed by atoms with E-state index in [-0.39, 0.29) is 17.1 Å². The number of ketones is 1. The molecule has 0 spiro atoms. The van der Waals surface area contributed by atoms with E-state index in [0.717, 1.165) is 6.08 Å². The molecule has 0 saturated carbocycles. The summed E-state index contributed by atoms with van der Waals surface area (Å²) in [5.41, 5.74) is -0.452. The maximum absolute atomic E-state index is 12.0. The summed E-state index contributed by atoms with van der Waals surface area (Å²) < 4.78 is 6.20. The van der Waals surface area contributed by atoms with Gasteiger partial charge in [-0.25, -0.2) is 4.79 Å². The second-order valence-electron chi connectivity index (χ2n) is 4.61. The second-order valence-corrected chi connectivity index (χ2v) is 4.61. The van der Waals surface area contributed by atoms with Crippen molar-refractivity contribution in [3.63, 3.8) is 0 Å². The lowest BCUT2D eigenvalue weighted by Crippen LogP contribution is -2.25. The number of carboxylic acid groups (broad SMARTS) is 1. The molecular formula is C15H13NO6. The highest BCUT2D eigenvalue weighted by Crippen LogP contribution is 2.16. The van der Waals surface area contributed by atoms with Crippen LogP contribution in [0.3, 0.4) is 0 Å². The highest BCUT2D eigenvalue weighted by molar-refractivity contribution is 6.08. The van der Waals surface area contributed by atoms with Gasteiger partial charge in [-0.1, -0.05) is 0 Å². The number of carboxylic acids is 1. The lowest BCUT2D eigenvalue weighted by atomic mass is 10.1. The van der Waals surface area contributed by atoms with Gasteiger partial charge in [-0.2, -0.15) is 0 Å². The van der Waals surface area contributed by atoms with Crippen LogP contribution < -0.4 is 5.56 Å². The number of furan rings is 1. The van der Waals surface area contributed by atoms with E-state index in [9.17, 15) is 19.5 Å². The smallest absolute Gasteiger partial charge is 0.371 e. The molecular weight excluding hydrogens is 290 g/mol. The van der Waals surface area contributed by atoms with E-state index < -0.39 is 23.1 Å². The largest absolute Gasteiger partial charge is 0.507 e. The molecule has 2 heterocycles. The van der Waals surface area contributed by atoms with E-state index in [1.165, 1.54) is 35.9 Å². The fourth-order valence-electron chi connectivity index (χ4n) is 1.83. The van der Waals surface area contributed by atoms with Gasteiger partial charge in [-0.05, 0) is 31.2 Å². The van der Waals surface area contributed by atoms with Crippen LogP contribution in [-0.2, 0) is 7.05 Å². The first-order valence-corrected chi connectivity index (χ1v) is 6.26. The molecule has 22 heavy (non-hydrogen) atoms. The molecule has 7 heteroatoms. The normalized spacial score (nSPS) is 11.0. The summed E-state index contributed by atoms with van der Waals surface area (Å²) in [7, 11) is 1.49. The van der Waals surface area contributed by atoms with E-state index >= 15 is 0 Å². The predicted octanol–water partition coefficient (Wildman–Crippen LogP) is 1.59. The Bertz CT molecular complexity index is 840. The van der Waals surface area contributed by atoms with Gasteiger partial charge < -0.3 is 19.2 Å². The lowest BCUT2D eigenvalue weighted by molar-refractivity contribution is 0.0662. The minimum Gasteiger partial charge on any atom is -0.507 e. The first-order valence-electron chi connectivity index (χ1n) is 6.26. The van der Waals surface area contributed by atoms with Gasteiger partial charge in [0.25, 0.3) is 5.56 Å². The number of aromatic nitrogens is 1. The SMILES string of the molecule is Cc1cc(O)c(C(=O)C=Cc2ccc(C(=O)O)o2)c(=O)n1C. The molecule has 0 radical (unpaired) electrons. The van der Waals surface area contributed by atoms with Crippen molar-refractivity contribution in [3.8, 4) is 5.75 Å². The number of hydrogen-bond donors (Lipinski definition) is 2.